The molecular formula is C15H21ClN2O2. The van der Waals surface area contributed by atoms with Gasteiger partial charge in [0.05, 0.1) is 10.6 Å². The third-order valence-corrected chi connectivity index (χ3v) is 3.89. The summed E-state index contributed by atoms with van der Waals surface area (Å²) in [4.78, 5) is 14.4. The van der Waals surface area contributed by atoms with E-state index in [4.69, 9.17) is 11.6 Å². The summed E-state index contributed by atoms with van der Waals surface area (Å²) in [6.45, 7) is 4.46. The standard InChI is InChI=1S/C15H21ClN2O2/c1-2-8-18(10-11-4-3-7-17-11)15(20)13-9-12(19)5-6-14(13)16/h5-6,9,11,17,19H,2-4,7-8,10H2,1H3. The molecule has 1 aliphatic heterocycles. The number of phenols is 1. The molecule has 0 aliphatic carbocycles. The largest absolute Gasteiger partial charge is 0.508 e. The second-order valence-corrected chi connectivity index (χ2v) is 5.62. The summed E-state index contributed by atoms with van der Waals surface area (Å²) in [5.74, 6) is -0.0466. The van der Waals surface area contributed by atoms with Gasteiger partial charge in [-0.3, -0.25) is 4.79 Å². The maximum Gasteiger partial charge on any atom is 0.255 e. The maximum absolute atomic E-state index is 12.6. The van der Waals surface area contributed by atoms with Crippen LogP contribution >= 0.6 is 11.6 Å². The number of rotatable bonds is 5. The van der Waals surface area contributed by atoms with Gasteiger partial charge in [0.2, 0.25) is 0 Å². The molecule has 0 aromatic heterocycles. The highest BCUT2D eigenvalue weighted by atomic mass is 35.5. The number of carbonyl (C=O) groups is 1. The molecule has 1 aliphatic rings. The van der Waals surface area contributed by atoms with Gasteiger partial charge in [-0.25, -0.2) is 0 Å². The smallest absolute Gasteiger partial charge is 0.255 e. The average Bonchev–Trinajstić information content (AvgIpc) is 2.93. The molecule has 1 amide bonds. The lowest BCUT2D eigenvalue weighted by atomic mass is 10.1. The summed E-state index contributed by atoms with van der Waals surface area (Å²) in [6, 6.07) is 4.85. The number of benzene rings is 1. The van der Waals surface area contributed by atoms with E-state index >= 15 is 0 Å². The molecule has 1 aromatic carbocycles. The molecule has 0 spiro atoms. The first-order valence-corrected chi connectivity index (χ1v) is 7.50. The Kier molecular flexibility index (Phi) is 5.26. The highest BCUT2D eigenvalue weighted by molar-refractivity contribution is 6.33. The molecule has 4 nitrogen and oxygen atoms in total. The zero-order valence-corrected chi connectivity index (χ0v) is 12.5. The molecule has 1 aromatic rings. The van der Waals surface area contributed by atoms with Crippen LogP contribution in [0.4, 0.5) is 0 Å². The van der Waals surface area contributed by atoms with Crippen LogP contribution in [0, 0.1) is 0 Å². The molecule has 1 fully saturated rings. The molecule has 2 N–H and O–H groups in total. The quantitative estimate of drug-likeness (QED) is 0.878. The Morgan fingerprint density at radius 2 is 2.35 bits per heavy atom. The first kappa shape index (κ1) is 15.1. The van der Waals surface area contributed by atoms with Crippen molar-refractivity contribution in [3.63, 3.8) is 0 Å². The van der Waals surface area contributed by atoms with Gasteiger partial charge >= 0.3 is 0 Å². The van der Waals surface area contributed by atoms with Gasteiger partial charge in [0, 0.05) is 19.1 Å². The van der Waals surface area contributed by atoms with E-state index in [9.17, 15) is 9.90 Å². The molecule has 1 atom stereocenters. The number of phenolic OH excluding ortho intramolecular Hbond substituents is 1. The zero-order valence-electron chi connectivity index (χ0n) is 11.7. The number of hydrogen-bond acceptors (Lipinski definition) is 3. The van der Waals surface area contributed by atoms with Crippen LogP contribution in [0.15, 0.2) is 18.2 Å². The molecule has 110 valence electrons. The van der Waals surface area contributed by atoms with Crippen LogP contribution in [0.5, 0.6) is 5.75 Å². The summed E-state index contributed by atoms with van der Waals surface area (Å²) >= 11 is 6.08. The van der Waals surface area contributed by atoms with Crippen molar-refractivity contribution >= 4 is 17.5 Å². The second kappa shape index (κ2) is 6.95. The fourth-order valence-corrected chi connectivity index (χ4v) is 2.77. The fourth-order valence-electron chi connectivity index (χ4n) is 2.57. The van der Waals surface area contributed by atoms with Crippen LogP contribution in [0.25, 0.3) is 0 Å². The van der Waals surface area contributed by atoms with Gasteiger partial charge in [-0.05, 0) is 44.0 Å². The molecule has 5 heteroatoms. The Morgan fingerprint density at radius 1 is 1.55 bits per heavy atom. The normalized spacial score (nSPS) is 18.2. The third-order valence-electron chi connectivity index (χ3n) is 3.56. The molecule has 1 saturated heterocycles. The lowest BCUT2D eigenvalue weighted by Gasteiger charge is -2.26. The highest BCUT2D eigenvalue weighted by Crippen LogP contribution is 2.23. The molecule has 0 radical (unpaired) electrons. The van der Waals surface area contributed by atoms with Crippen LogP contribution in [0.3, 0.4) is 0 Å². The van der Waals surface area contributed by atoms with Gasteiger partial charge in [0.1, 0.15) is 5.75 Å². The van der Waals surface area contributed by atoms with Crippen LogP contribution in [0.1, 0.15) is 36.5 Å². The summed E-state index contributed by atoms with van der Waals surface area (Å²) < 4.78 is 0. The van der Waals surface area contributed by atoms with Crippen molar-refractivity contribution in [3.05, 3.63) is 28.8 Å². The van der Waals surface area contributed by atoms with E-state index in [0.29, 0.717) is 29.7 Å². The first-order valence-electron chi connectivity index (χ1n) is 7.13. The number of carbonyl (C=O) groups excluding carboxylic acids is 1. The van der Waals surface area contributed by atoms with E-state index < -0.39 is 0 Å². The van der Waals surface area contributed by atoms with E-state index in [-0.39, 0.29) is 11.7 Å². The lowest BCUT2D eigenvalue weighted by Crippen LogP contribution is -2.41. The van der Waals surface area contributed by atoms with E-state index in [2.05, 4.69) is 5.32 Å². The van der Waals surface area contributed by atoms with Gasteiger partial charge in [0.25, 0.3) is 5.91 Å². The molecule has 1 unspecified atom stereocenters. The second-order valence-electron chi connectivity index (χ2n) is 5.21. The number of aromatic hydroxyl groups is 1. The van der Waals surface area contributed by atoms with Gasteiger partial charge in [-0.2, -0.15) is 0 Å². The lowest BCUT2D eigenvalue weighted by molar-refractivity contribution is 0.0741. The number of hydrogen-bond donors (Lipinski definition) is 2. The summed E-state index contributed by atoms with van der Waals surface area (Å²) in [7, 11) is 0. The molecule has 0 bridgehead atoms. The predicted octanol–water partition coefficient (Wildman–Crippen LogP) is 2.65. The summed E-state index contributed by atoms with van der Waals surface area (Å²) in [5, 5.41) is 13.3. The first-order chi connectivity index (χ1) is 9.61. The van der Waals surface area contributed by atoms with Crippen LogP contribution < -0.4 is 5.32 Å². The van der Waals surface area contributed by atoms with Crippen molar-refractivity contribution in [2.45, 2.75) is 32.2 Å². The Balaban J connectivity index is 2.14. The Labute approximate surface area is 124 Å². The minimum absolute atomic E-state index is 0.0631. The van der Waals surface area contributed by atoms with Crippen molar-refractivity contribution in [1.29, 1.82) is 0 Å². The van der Waals surface area contributed by atoms with E-state index in [1.165, 1.54) is 12.1 Å². The Bertz CT molecular complexity index is 473. The summed E-state index contributed by atoms with van der Waals surface area (Å²) in [6.07, 6.45) is 3.15. The predicted molar refractivity (Wildman–Crippen MR) is 80.3 cm³/mol. The number of halogens is 1. The van der Waals surface area contributed by atoms with E-state index in [1.54, 1.807) is 6.07 Å². The van der Waals surface area contributed by atoms with Gasteiger partial charge in [-0.1, -0.05) is 18.5 Å². The number of amides is 1. The molecule has 1 heterocycles. The van der Waals surface area contributed by atoms with Crippen molar-refractivity contribution < 1.29 is 9.90 Å². The maximum atomic E-state index is 12.6. The number of nitrogens with one attached hydrogen (secondary N) is 1. The van der Waals surface area contributed by atoms with Gasteiger partial charge in [-0.15, -0.1) is 0 Å². The van der Waals surface area contributed by atoms with E-state index in [1.807, 2.05) is 11.8 Å². The van der Waals surface area contributed by atoms with Crippen LogP contribution in [-0.4, -0.2) is 41.6 Å². The van der Waals surface area contributed by atoms with Gasteiger partial charge in [0.15, 0.2) is 0 Å². The average molecular weight is 297 g/mol. The monoisotopic (exact) mass is 296 g/mol. The van der Waals surface area contributed by atoms with Crippen LogP contribution in [-0.2, 0) is 0 Å². The van der Waals surface area contributed by atoms with Crippen LogP contribution in [0.2, 0.25) is 5.02 Å². The minimum Gasteiger partial charge on any atom is -0.508 e. The highest BCUT2D eigenvalue weighted by Gasteiger charge is 2.23. The van der Waals surface area contributed by atoms with Crippen molar-refractivity contribution in [2.24, 2.45) is 0 Å². The molecular weight excluding hydrogens is 276 g/mol. The van der Waals surface area contributed by atoms with E-state index in [0.717, 1.165) is 25.8 Å². The molecule has 2 rings (SSSR count). The Hall–Kier alpha value is -1.26. The summed E-state index contributed by atoms with van der Waals surface area (Å²) in [5.41, 5.74) is 0.373. The fraction of sp³-hybridized carbons (Fsp3) is 0.533. The van der Waals surface area contributed by atoms with Crippen molar-refractivity contribution in [1.82, 2.24) is 10.2 Å². The third kappa shape index (κ3) is 3.64. The molecule has 0 saturated carbocycles. The van der Waals surface area contributed by atoms with Gasteiger partial charge < -0.3 is 15.3 Å². The minimum atomic E-state index is -0.110. The SMILES string of the molecule is CCCN(CC1CCCN1)C(=O)c1cc(O)ccc1Cl. The zero-order chi connectivity index (χ0) is 14.5. The van der Waals surface area contributed by atoms with Crippen molar-refractivity contribution in [2.75, 3.05) is 19.6 Å². The number of nitrogens with zero attached hydrogens (tertiary/aromatic N) is 1. The van der Waals surface area contributed by atoms with Crippen molar-refractivity contribution in [3.8, 4) is 5.75 Å². The Morgan fingerprint density at radius 3 is 3.00 bits per heavy atom. The molecule has 20 heavy (non-hydrogen) atoms. The topological polar surface area (TPSA) is 52.6 Å².